The van der Waals surface area contributed by atoms with Gasteiger partial charge >= 0.3 is 0 Å². The van der Waals surface area contributed by atoms with Crippen molar-refractivity contribution in [3.63, 3.8) is 0 Å². The first-order chi connectivity index (χ1) is 19.6. The van der Waals surface area contributed by atoms with Gasteiger partial charge in [0.15, 0.2) is 0 Å². The smallest absolute Gasteiger partial charge is 0.117 e. The Morgan fingerprint density at radius 2 is 1.50 bits per heavy atom. The predicted octanol–water partition coefficient (Wildman–Crippen LogP) is 7.46. The van der Waals surface area contributed by atoms with Gasteiger partial charge < -0.3 is 9.88 Å². The van der Waals surface area contributed by atoms with Crippen LogP contribution < -0.4 is 5.32 Å². The first-order valence-corrected chi connectivity index (χ1v) is 13.3. The van der Waals surface area contributed by atoms with E-state index in [9.17, 15) is 10.5 Å². The number of fused-ring (bicyclic) bond motifs is 2. The van der Waals surface area contributed by atoms with Crippen molar-refractivity contribution >= 4 is 27.5 Å². The standard InChI is InChI=1S/C35H27N5/c1-40-34-18-17-30(38-23-29-7-4-6-27-5-2-3-8-31(27)29)20-33(34)39-35(40)32(28-15-13-26(22-37)14-16-28)19-24-9-11-25(21-36)12-10-24/h2-18,20,32,38H,19,23H2,1H3. The molecule has 1 heterocycles. The van der Waals surface area contributed by atoms with Crippen LogP contribution in [0, 0.1) is 22.7 Å². The number of nitrogens with zero attached hydrogens (tertiary/aromatic N) is 4. The van der Waals surface area contributed by atoms with Gasteiger partial charge in [0, 0.05) is 25.2 Å². The molecular formula is C35H27N5. The fraction of sp³-hybridized carbons (Fsp3) is 0.114. The molecule has 0 radical (unpaired) electrons. The van der Waals surface area contributed by atoms with Gasteiger partial charge in [0.05, 0.1) is 34.3 Å². The highest BCUT2D eigenvalue weighted by Crippen LogP contribution is 2.32. The summed E-state index contributed by atoms with van der Waals surface area (Å²) in [4.78, 5) is 5.13. The lowest BCUT2D eigenvalue weighted by atomic mass is 9.90. The number of aromatic nitrogens is 2. The second kappa shape index (κ2) is 10.8. The maximum atomic E-state index is 9.30. The molecule has 0 aliphatic carbocycles. The summed E-state index contributed by atoms with van der Waals surface area (Å²) in [6.07, 6.45) is 0.723. The maximum Gasteiger partial charge on any atom is 0.117 e. The molecule has 0 saturated heterocycles. The van der Waals surface area contributed by atoms with Gasteiger partial charge in [-0.15, -0.1) is 0 Å². The van der Waals surface area contributed by atoms with Crippen LogP contribution in [0.25, 0.3) is 21.8 Å². The highest BCUT2D eigenvalue weighted by molar-refractivity contribution is 5.86. The van der Waals surface area contributed by atoms with E-state index in [1.165, 1.54) is 16.3 Å². The lowest BCUT2D eigenvalue weighted by molar-refractivity contribution is 0.697. The monoisotopic (exact) mass is 517 g/mol. The Balaban J connectivity index is 1.33. The van der Waals surface area contributed by atoms with Crippen molar-refractivity contribution in [2.45, 2.75) is 18.9 Å². The van der Waals surface area contributed by atoms with E-state index in [2.05, 4.69) is 89.7 Å². The molecule has 0 bridgehead atoms. The number of hydrogen-bond donors (Lipinski definition) is 1. The van der Waals surface area contributed by atoms with Crippen molar-refractivity contribution < 1.29 is 0 Å². The van der Waals surface area contributed by atoms with E-state index in [1.54, 1.807) is 0 Å². The zero-order valence-electron chi connectivity index (χ0n) is 22.2. The molecule has 1 atom stereocenters. The van der Waals surface area contributed by atoms with Crippen LogP contribution in [0.2, 0.25) is 0 Å². The van der Waals surface area contributed by atoms with Gasteiger partial charge in [-0.1, -0.05) is 66.7 Å². The maximum absolute atomic E-state index is 9.30. The molecule has 1 N–H and O–H groups in total. The average molecular weight is 518 g/mol. The van der Waals surface area contributed by atoms with Gasteiger partial charge in [-0.25, -0.2) is 4.98 Å². The zero-order valence-corrected chi connectivity index (χ0v) is 22.2. The van der Waals surface area contributed by atoms with Crippen molar-refractivity contribution in [3.05, 3.63) is 143 Å². The van der Waals surface area contributed by atoms with Crippen LogP contribution in [0.4, 0.5) is 5.69 Å². The second-order valence-electron chi connectivity index (χ2n) is 10.0. The third kappa shape index (κ3) is 4.89. The Kier molecular flexibility index (Phi) is 6.71. The number of nitriles is 2. The quantitative estimate of drug-likeness (QED) is 0.238. The lowest BCUT2D eigenvalue weighted by Gasteiger charge is -2.18. The topological polar surface area (TPSA) is 77.4 Å². The molecule has 1 unspecified atom stereocenters. The Labute approximate surface area is 233 Å². The number of imidazole rings is 1. The fourth-order valence-electron chi connectivity index (χ4n) is 5.38. The van der Waals surface area contributed by atoms with Gasteiger partial charge in [-0.05, 0) is 76.3 Å². The molecular weight excluding hydrogens is 490 g/mol. The molecule has 5 nitrogen and oxygen atoms in total. The van der Waals surface area contributed by atoms with Crippen molar-refractivity contribution in [3.8, 4) is 12.1 Å². The number of aryl methyl sites for hydroxylation is 1. The summed E-state index contributed by atoms with van der Waals surface area (Å²) in [6, 6.07) is 41.1. The molecule has 0 amide bonds. The predicted molar refractivity (Wildman–Crippen MR) is 160 cm³/mol. The van der Waals surface area contributed by atoms with Crippen LogP contribution in [0.3, 0.4) is 0 Å². The largest absolute Gasteiger partial charge is 0.381 e. The fourth-order valence-corrected chi connectivity index (χ4v) is 5.38. The van der Waals surface area contributed by atoms with Crippen molar-refractivity contribution in [2.75, 3.05) is 5.32 Å². The molecule has 0 saturated carbocycles. The van der Waals surface area contributed by atoms with E-state index >= 15 is 0 Å². The third-order valence-corrected chi connectivity index (χ3v) is 7.56. The minimum Gasteiger partial charge on any atom is -0.381 e. The van der Waals surface area contributed by atoms with Crippen molar-refractivity contribution in [1.29, 1.82) is 10.5 Å². The summed E-state index contributed by atoms with van der Waals surface area (Å²) < 4.78 is 2.16. The summed E-state index contributed by atoms with van der Waals surface area (Å²) in [5.74, 6) is 0.931. The minimum atomic E-state index is -0.0230. The SMILES string of the molecule is Cn1c(C(Cc2ccc(C#N)cc2)c2ccc(C#N)cc2)nc2cc(NCc3cccc4ccccc34)ccc21. The highest BCUT2D eigenvalue weighted by atomic mass is 15.1. The molecule has 0 fully saturated rings. The molecule has 40 heavy (non-hydrogen) atoms. The normalized spacial score (nSPS) is 11.7. The molecule has 5 heteroatoms. The number of hydrogen-bond acceptors (Lipinski definition) is 4. The van der Waals surface area contributed by atoms with Gasteiger partial charge in [-0.3, -0.25) is 0 Å². The molecule has 192 valence electrons. The van der Waals surface area contributed by atoms with E-state index in [0.29, 0.717) is 11.1 Å². The Bertz CT molecular complexity index is 1900. The highest BCUT2D eigenvalue weighted by Gasteiger charge is 2.22. The number of anilines is 1. The molecule has 6 aromatic rings. The van der Waals surface area contributed by atoms with Gasteiger partial charge in [0.2, 0.25) is 0 Å². The van der Waals surface area contributed by atoms with E-state index in [1.807, 2.05) is 48.5 Å². The number of rotatable bonds is 7. The third-order valence-electron chi connectivity index (χ3n) is 7.56. The summed E-state index contributed by atoms with van der Waals surface area (Å²) in [5.41, 5.74) is 7.75. The molecule has 1 aromatic heterocycles. The minimum absolute atomic E-state index is 0.0230. The van der Waals surface area contributed by atoms with Crippen LogP contribution >= 0.6 is 0 Å². The summed E-state index contributed by atoms with van der Waals surface area (Å²) in [5, 5.41) is 24.6. The van der Waals surface area contributed by atoms with E-state index in [0.717, 1.165) is 46.6 Å². The van der Waals surface area contributed by atoms with Crippen LogP contribution in [-0.2, 0) is 20.0 Å². The second-order valence-corrected chi connectivity index (χ2v) is 10.0. The molecule has 0 aliphatic rings. The van der Waals surface area contributed by atoms with Gasteiger partial charge in [0.1, 0.15) is 5.82 Å². The molecule has 0 aliphatic heterocycles. The van der Waals surface area contributed by atoms with Crippen molar-refractivity contribution in [1.82, 2.24) is 9.55 Å². The summed E-state index contributed by atoms with van der Waals surface area (Å²) in [6.45, 7) is 0.721. The number of benzene rings is 5. The van der Waals surface area contributed by atoms with Crippen LogP contribution in [-0.4, -0.2) is 9.55 Å². The first-order valence-electron chi connectivity index (χ1n) is 13.3. The van der Waals surface area contributed by atoms with E-state index in [4.69, 9.17) is 4.98 Å². The summed E-state index contributed by atoms with van der Waals surface area (Å²) in [7, 11) is 2.06. The molecule has 0 spiro atoms. The van der Waals surface area contributed by atoms with E-state index < -0.39 is 0 Å². The van der Waals surface area contributed by atoms with Crippen LogP contribution in [0.1, 0.15) is 39.6 Å². The molecule has 5 aromatic carbocycles. The van der Waals surface area contributed by atoms with E-state index in [-0.39, 0.29) is 5.92 Å². The van der Waals surface area contributed by atoms with Gasteiger partial charge in [-0.2, -0.15) is 10.5 Å². The first kappa shape index (κ1) is 24.9. The molecule has 6 rings (SSSR count). The lowest BCUT2D eigenvalue weighted by Crippen LogP contribution is -2.11. The Hall–Kier alpha value is -5.39. The average Bonchev–Trinajstić information content (AvgIpc) is 3.34. The van der Waals surface area contributed by atoms with Crippen LogP contribution in [0.5, 0.6) is 0 Å². The Morgan fingerprint density at radius 1 is 0.800 bits per heavy atom. The Morgan fingerprint density at radius 3 is 2.25 bits per heavy atom. The van der Waals surface area contributed by atoms with Gasteiger partial charge in [0.25, 0.3) is 0 Å². The van der Waals surface area contributed by atoms with Crippen molar-refractivity contribution in [2.24, 2.45) is 7.05 Å². The zero-order chi connectivity index (χ0) is 27.5. The van der Waals surface area contributed by atoms with Crippen LogP contribution in [0.15, 0.2) is 109 Å². The summed E-state index contributed by atoms with van der Waals surface area (Å²) >= 11 is 0. The number of nitrogens with one attached hydrogen (secondary N) is 1.